The monoisotopic (exact) mass is 290 g/mol. The van der Waals surface area contributed by atoms with E-state index in [0.29, 0.717) is 6.04 Å². The van der Waals surface area contributed by atoms with Gasteiger partial charge in [0, 0.05) is 29.5 Å². The van der Waals surface area contributed by atoms with Gasteiger partial charge in [0.1, 0.15) is 0 Å². The number of likely N-dealkylation sites (tertiary alicyclic amines) is 1. The highest BCUT2D eigenvalue weighted by Gasteiger charge is 2.35. The third-order valence-corrected chi connectivity index (χ3v) is 5.28. The fourth-order valence-electron chi connectivity index (χ4n) is 4.40. The predicted molar refractivity (Wildman–Crippen MR) is 86.6 cm³/mol. The van der Waals surface area contributed by atoms with Gasteiger partial charge >= 0.3 is 0 Å². The van der Waals surface area contributed by atoms with Crippen molar-refractivity contribution >= 4 is 0 Å². The van der Waals surface area contributed by atoms with Gasteiger partial charge in [0.05, 0.1) is 6.10 Å². The summed E-state index contributed by atoms with van der Waals surface area (Å²) in [6, 6.07) is 2.71. The first-order valence-corrected chi connectivity index (χ1v) is 8.48. The molecule has 0 radical (unpaired) electrons. The molecule has 1 aliphatic carbocycles. The summed E-state index contributed by atoms with van der Waals surface area (Å²) in [5, 5.41) is 10.5. The van der Waals surface area contributed by atoms with Crippen LogP contribution >= 0.6 is 0 Å². The molecule has 2 heterocycles. The first-order valence-electron chi connectivity index (χ1n) is 8.48. The van der Waals surface area contributed by atoms with E-state index in [2.05, 4.69) is 43.2 Å². The molecule has 118 valence electrons. The predicted octanol–water partition coefficient (Wildman–Crippen LogP) is 3.46. The quantitative estimate of drug-likeness (QED) is 0.923. The van der Waals surface area contributed by atoms with Crippen LogP contribution in [0.2, 0.25) is 0 Å². The molecule has 0 amide bonds. The molecule has 0 spiro atoms. The lowest BCUT2D eigenvalue weighted by molar-refractivity contribution is 0.0972. The number of aliphatic hydroxyl groups excluding tert-OH is 1. The summed E-state index contributed by atoms with van der Waals surface area (Å²) < 4.78 is 2.50. The molecule has 3 rings (SSSR count). The molecule has 0 aromatic carbocycles. The zero-order valence-electron chi connectivity index (χ0n) is 14.0. The average molecular weight is 290 g/mol. The van der Waals surface area contributed by atoms with Gasteiger partial charge in [0.2, 0.25) is 0 Å². The van der Waals surface area contributed by atoms with Crippen molar-refractivity contribution in [3.63, 3.8) is 0 Å². The third-order valence-electron chi connectivity index (χ3n) is 5.28. The molecule has 1 saturated heterocycles. The standard InChI is InChI=1S/C18H30N2O/c1-13-9-15-16(10-18(3,4)11-17(15)21)20(13)14(2)12-19-7-5-6-8-19/h9,14,17,21H,5-8,10-12H2,1-4H3. The van der Waals surface area contributed by atoms with E-state index >= 15 is 0 Å². The number of aliphatic hydroxyl groups is 1. The summed E-state index contributed by atoms with van der Waals surface area (Å²) in [5.41, 5.74) is 4.06. The Balaban J connectivity index is 1.88. The lowest BCUT2D eigenvalue weighted by atomic mass is 9.75. The summed E-state index contributed by atoms with van der Waals surface area (Å²) >= 11 is 0. The van der Waals surface area contributed by atoms with Crippen LogP contribution in [-0.2, 0) is 6.42 Å². The summed E-state index contributed by atoms with van der Waals surface area (Å²) in [7, 11) is 0. The minimum atomic E-state index is -0.289. The Morgan fingerprint density at radius 1 is 1.33 bits per heavy atom. The van der Waals surface area contributed by atoms with Crippen molar-refractivity contribution in [1.29, 1.82) is 0 Å². The highest BCUT2D eigenvalue weighted by molar-refractivity contribution is 5.33. The molecule has 1 aliphatic heterocycles. The van der Waals surface area contributed by atoms with Crippen LogP contribution in [0.1, 0.15) is 69.1 Å². The summed E-state index contributed by atoms with van der Waals surface area (Å²) in [4.78, 5) is 2.58. The van der Waals surface area contributed by atoms with Crippen LogP contribution < -0.4 is 0 Å². The van der Waals surface area contributed by atoms with E-state index in [1.807, 2.05) is 0 Å². The van der Waals surface area contributed by atoms with Crippen molar-refractivity contribution in [3.8, 4) is 0 Å². The molecule has 2 unspecified atom stereocenters. The Hall–Kier alpha value is -0.800. The summed E-state index contributed by atoms with van der Waals surface area (Å²) in [6.07, 6.45) is 4.37. The first-order chi connectivity index (χ1) is 9.87. The van der Waals surface area contributed by atoms with Crippen molar-refractivity contribution < 1.29 is 5.11 Å². The molecular formula is C18H30N2O. The van der Waals surface area contributed by atoms with Gasteiger partial charge in [0.15, 0.2) is 0 Å². The number of hydrogen-bond donors (Lipinski definition) is 1. The minimum absolute atomic E-state index is 0.197. The molecule has 0 bridgehead atoms. The number of hydrogen-bond acceptors (Lipinski definition) is 2. The molecule has 3 nitrogen and oxygen atoms in total. The van der Waals surface area contributed by atoms with Crippen LogP contribution in [0.15, 0.2) is 6.07 Å². The van der Waals surface area contributed by atoms with Crippen molar-refractivity contribution in [2.24, 2.45) is 5.41 Å². The maximum absolute atomic E-state index is 10.5. The molecule has 2 aliphatic rings. The molecule has 3 heteroatoms. The fourth-order valence-corrected chi connectivity index (χ4v) is 4.40. The van der Waals surface area contributed by atoms with E-state index in [9.17, 15) is 5.11 Å². The zero-order chi connectivity index (χ0) is 15.2. The van der Waals surface area contributed by atoms with Crippen LogP contribution in [0, 0.1) is 12.3 Å². The van der Waals surface area contributed by atoms with Crippen LogP contribution in [0.3, 0.4) is 0 Å². The maximum atomic E-state index is 10.5. The van der Waals surface area contributed by atoms with Crippen LogP contribution in [-0.4, -0.2) is 34.2 Å². The normalized spacial score (nSPS) is 26.8. The molecule has 1 N–H and O–H groups in total. The Bertz CT molecular complexity index is 512. The summed E-state index contributed by atoms with van der Waals surface area (Å²) in [5.74, 6) is 0. The third kappa shape index (κ3) is 2.91. The van der Waals surface area contributed by atoms with Crippen molar-refractivity contribution in [3.05, 3.63) is 23.0 Å². The number of aryl methyl sites for hydroxylation is 1. The van der Waals surface area contributed by atoms with Crippen molar-refractivity contribution in [2.45, 2.75) is 65.5 Å². The molecule has 1 fully saturated rings. The highest BCUT2D eigenvalue weighted by Crippen LogP contribution is 2.42. The Kier molecular flexibility index (Phi) is 3.91. The lowest BCUT2D eigenvalue weighted by Crippen LogP contribution is -2.31. The molecular weight excluding hydrogens is 260 g/mol. The number of fused-ring (bicyclic) bond motifs is 1. The molecule has 2 atom stereocenters. The van der Waals surface area contributed by atoms with Gasteiger partial charge < -0.3 is 14.6 Å². The van der Waals surface area contributed by atoms with Gasteiger partial charge in [-0.2, -0.15) is 0 Å². The Morgan fingerprint density at radius 3 is 2.67 bits per heavy atom. The number of aromatic nitrogens is 1. The van der Waals surface area contributed by atoms with Gasteiger partial charge in [0.25, 0.3) is 0 Å². The van der Waals surface area contributed by atoms with Crippen LogP contribution in [0.25, 0.3) is 0 Å². The second-order valence-electron chi connectivity index (χ2n) is 7.98. The Labute approximate surface area is 129 Å². The molecule has 1 aromatic heterocycles. The van der Waals surface area contributed by atoms with Gasteiger partial charge in [-0.15, -0.1) is 0 Å². The first kappa shape index (κ1) is 15.1. The second-order valence-corrected chi connectivity index (χ2v) is 7.98. The van der Waals surface area contributed by atoms with Crippen molar-refractivity contribution in [1.82, 2.24) is 9.47 Å². The van der Waals surface area contributed by atoms with Gasteiger partial charge in [-0.05, 0) is 64.1 Å². The largest absolute Gasteiger partial charge is 0.388 e. The molecule has 21 heavy (non-hydrogen) atoms. The van der Waals surface area contributed by atoms with Gasteiger partial charge in [-0.1, -0.05) is 13.8 Å². The fraction of sp³-hybridized carbons (Fsp3) is 0.778. The van der Waals surface area contributed by atoms with E-state index in [0.717, 1.165) is 19.4 Å². The zero-order valence-corrected chi connectivity index (χ0v) is 14.0. The van der Waals surface area contributed by atoms with Gasteiger partial charge in [-0.25, -0.2) is 0 Å². The van der Waals surface area contributed by atoms with E-state index in [1.54, 1.807) is 0 Å². The minimum Gasteiger partial charge on any atom is -0.388 e. The van der Waals surface area contributed by atoms with Crippen LogP contribution in [0.4, 0.5) is 0 Å². The maximum Gasteiger partial charge on any atom is 0.0812 e. The topological polar surface area (TPSA) is 28.4 Å². The second kappa shape index (κ2) is 5.44. The lowest BCUT2D eigenvalue weighted by Gasteiger charge is -2.35. The van der Waals surface area contributed by atoms with Crippen LogP contribution in [0.5, 0.6) is 0 Å². The van der Waals surface area contributed by atoms with Crippen molar-refractivity contribution in [2.75, 3.05) is 19.6 Å². The summed E-state index contributed by atoms with van der Waals surface area (Å²) in [6.45, 7) is 12.7. The van der Waals surface area contributed by atoms with E-state index in [-0.39, 0.29) is 11.5 Å². The molecule has 1 aromatic rings. The number of nitrogens with zero attached hydrogens (tertiary/aromatic N) is 2. The smallest absolute Gasteiger partial charge is 0.0812 e. The average Bonchev–Trinajstić information content (AvgIpc) is 2.95. The van der Waals surface area contributed by atoms with E-state index in [1.165, 1.54) is 42.9 Å². The van der Waals surface area contributed by atoms with E-state index in [4.69, 9.17) is 0 Å². The number of rotatable bonds is 3. The Morgan fingerprint density at radius 2 is 2.00 bits per heavy atom. The SMILES string of the molecule is Cc1cc2c(n1C(C)CN1CCCC1)CC(C)(C)CC2O. The molecule has 0 saturated carbocycles. The highest BCUT2D eigenvalue weighted by atomic mass is 16.3. The van der Waals surface area contributed by atoms with E-state index < -0.39 is 0 Å². The van der Waals surface area contributed by atoms with Gasteiger partial charge in [-0.3, -0.25) is 0 Å².